The van der Waals surface area contributed by atoms with Gasteiger partial charge >= 0.3 is 0 Å². The van der Waals surface area contributed by atoms with E-state index in [0.717, 1.165) is 31.2 Å². The molecule has 1 saturated carbocycles. The summed E-state index contributed by atoms with van der Waals surface area (Å²) in [5, 5.41) is 0. The van der Waals surface area contributed by atoms with Gasteiger partial charge in [0.2, 0.25) is 0 Å². The van der Waals surface area contributed by atoms with Gasteiger partial charge in [0.15, 0.2) is 11.6 Å². The largest absolute Gasteiger partial charge is 0.376 e. The van der Waals surface area contributed by atoms with Crippen LogP contribution in [-0.4, -0.2) is 44.1 Å². The van der Waals surface area contributed by atoms with Crippen LogP contribution in [0, 0.1) is 5.41 Å². The molecule has 1 aromatic rings. The minimum Gasteiger partial charge on any atom is -0.376 e. The molecule has 1 aromatic carbocycles. The van der Waals surface area contributed by atoms with Crippen molar-refractivity contribution in [2.45, 2.75) is 44.2 Å². The van der Waals surface area contributed by atoms with Crippen LogP contribution in [0.3, 0.4) is 0 Å². The van der Waals surface area contributed by atoms with Crippen LogP contribution in [0.15, 0.2) is 30.3 Å². The maximum absolute atomic E-state index is 12.8. The number of carbonyl (C=O) groups excluding carboxylic acids is 1. The van der Waals surface area contributed by atoms with Crippen LogP contribution in [-0.2, 0) is 30.3 Å². The third-order valence-corrected chi connectivity index (χ3v) is 5.42. The van der Waals surface area contributed by atoms with Gasteiger partial charge in [0.05, 0.1) is 38.4 Å². The molecule has 3 aliphatic rings. The standard InChI is InChI=1S/C19H24O5/c20-17(16-13-22-16)18(14-21-12-15-4-2-1-3-5-15)6-8-19(9-7-18)23-10-11-24-19/h1-5,16H,6-14H2. The first kappa shape index (κ1) is 16.2. The Morgan fingerprint density at radius 1 is 1.08 bits per heavy atom. The van der Waals surface area contributed by atoms with E-state index in [1.54, 1.807) is 0 Å². The van der Waals surface area contributed by atoms with Crippen molar-refractivity contribution in [3.05, 3.63) is 35.9 Å². The minimum atomic E-state index is -0.465. The first-order valence-electron chi connectivity index (χ1n) is 8.77. The summed E-state index contributed by atoms with van der Waals surface area (Å²) in [6, 6.07) is 10.1. The Balaban J connectivity index is 1.41. The van der Waals surface area contributed by atoms with Crippen LogP contribution < -0.4 is 0 Å². The zero-order valence-electron chi connectivity index (χ0n) is 13.9. The number of ketones is 1. The van der Waals surface area contributed by atoms with Gasteiger partial charge in [0.1, 0.15) is 6.10 Å². The van der Waals surface area contributed by atoms with Crippen LogP contribution in [0.2, 0.25) is 0 Å². The number of ether oxygens (including phenoxy) is 4. The third-order valence-electron chi connectivity index (χ3n) is 5.42. The highest BCUT2D eigenvalue weighted by Crippen LogP contribution is 2.47. The Bertz CT molecular complexity index is 565. The molecule has 0 amide bonds. The summed E-state index contributed by atoms with van der Waals surface area (Å²) in [5.41, 5.74) is 0.661. The number of hydrogen-bond acceptors (Lipinski definition) is 5. The second-order valence-corrected chi connectivity index (χ2v) is 7.05. The first-order chi connectivity index (χ1) is 11.7. The Kier molecular flexibility index (Phi) is 4.43. The molecule has 0 N–H and O–H groups in total. The molecular weight excluding hydrogens is 308 g/mol. The monoisotopic (exact) mass is 332 g/mol. The van der Waals surface area contributed by atoms with E-state index in [-0.39, 0.29) is 11.9 Å². The van der Waals surface area contributed by atoms with Crippen LogP contribution in [0.25, 0.3) is 0 Å². The van der Waals surface area contributed by atoms with E-state index < -0.39 is 11.2 Å². The van der Waals surface area contributed by atoms with Crippen LogP contribution in [0.1, 0.15) is 31.2 Å². The minimum absolute atomic E-state index is 0.198. The molecule has 1 atom stereocenters. The molecule has 1 aliphatic carbocycles. The number of Topliss-reactive ketones (excluding diaryl/α,β-unsaturated/α-hetero) is 1. The van der Waals surface area contributed by atoms with Crippen molar-refractivity contribution < 1.29 is 23.7 Å². The van der Waals surface area contributed by atoms with Gasteiger partial charge in [0, 0.05) is 12.8 Å². The van der Waals surface area contributed by atoms with E-state index in [0.29, 0.717) is 33.0 Å². The van der Waals surface area contributed by atoms with Crippen molar-refractivity contribution in [1.29, 1.82) is 0 Å². The summed E-state index contributed by atoms with van der Waals surface area (Å²) in [7, 11) is 0. The first-order valence-corrected chi connectivity index (χ1v) is 8.77. The molecule has 1 spiro atoms. The summed E-state index contributed by atoms with van der Waals surface area (Å²) in [6.45, 7) is 2.82. The summed E-state index contributed by atoms with van der Waals surface area (Å²) in [4.78, 5) is 12.8. The summed E-state index contributed by atoms with van der Waals surface area (Å²) < 4.78 is 22.8. The number of epoxide rings is 1. The SMILES string of the molecule is O=C(C1CO1)C1(COCc2ccccc2)CCC2(CC1)OCCO2. The maximum atomic E-state index is 12.8. The Morgan fingerprint density at radius 3 is 2.38 bits per heavy atom. The molecule has 2 aliphatic heterocycles. The zero-order valence-corrected chi connectivity index (χ0v) is 13.9. The number of rotatable bonds is 6. The van der Waals surface area contributed by atoms with Crippen molar-refractivity contribution >= 4 is 5.78 Å². The zero-order chi connectivity index (χ0) is 16.5. The molecule has 24 heavy (non-hydrogen) atoms. The van der Waals surface area contributed by atoms with Crippen LogP contribution in [0.4, 0.5) is 0 Å². The highest BCUT2D eigenvalue weighted by atomic mass is 16.7. The summed E-state index contributed by atoms with van der Waals surface area (Å²) in [6.07, 6.45) is 2.74. The van der Waals surface area contributed by atoms with Crippen molar-refractivity contribution in [3.63, 3.8) is 0 Å². The predicted molar refractivity (Wildman–Crippen MR) is 86.4 cm³/mol. The molecule has 1 unspecified atom stereocenters. The van der Waals surface area contributed by atoms with Crippen molar-refractivity contribution in [3.8, 4) is 0 Å². The number of carbonyl (C=O) groups is 1. The predicted octanol–water partition coefficient (Wildman–Crippen LogP) is 2.47. The smallest absolute Gasteiger partial charge is 0.172 e. The lowest BCUT2D eigenvalue weighted by Crippen LogP contribution is -2.47. The van der Waals surface area contributed by atoms with Crippen molar-refractivity contribution in [2.24, 2.45) is 5.41 Å². The van der Waals surface area contributed by atoms with E-state index in [9.17, 15) is 4.79 Å². The highest BCUT2D eigenvalue weighted by molar-refractivity contribution is 5.91. The van der Waals surface area contributed by atoms with Gasteiger partial charge in [-0.05, 0) is 18.4 Å². The molecular formula is C19H24O5. The molecule has 0 radical (unpaired) electrons. The second kappa shape index (κ2) is 6.56. The third kappa shape index (κ3) is 3.26. The van der Waals surface area contributed by atoms with Crippen molar-refractivity contribution in [2.75, 3.05) is 26.4 Å². The van der Waals surface area contributed by atoms with E-state index >= 15 is 0 Å². The Morgan fingerprint density at radius 2 is 1.75 bits per heavy atom. The Labute approximate surface area is 142 Å². The second-order valence-electron chi connectivity index (χ2n) is 7.05. The fraction of sp³-hybridized carbons (Fsp3) is 0.632. The summed E-state index contributed by atoms with van der Waals surface area (Å²) in [5.74, 6) is -0.267. The highest BCUT2D eigenvalue weighted by Gasteiger charge is 2.53. The van der Waals surface area contributed by atoms with Gasteiger partial charge in [-0.1, -0.05) is 30.3 Å². The molecule has 2 saturated heterocycles. The van der Waals surface area contributed by atoms with Crippen molar-refractivity contribution in [1.82, 2.24) is 0 Å². The quantitative estimate of drug-likeness (QED) is 0.749. The molecule has 0 aromatic heterocycles. The topological polar surface area (TPSA) is 57.3 Å². The normalized spacial score (nSPS) is 27.2. The van der Waals surface area contributed by atoms with Crippen LogP contribution >= 0.6 is 0 Å². The molecule has 2 heterocycles. The molecule has 5 heteroatoms. The van der Waals surface area contributed by atoms with Gasteiger partial charge in [-0.3, -0.25) is 4.79 Å². The lowest BCUT2D eigenvalue weighted by atomic mass is 9.69. The fourth-order valence-electron chi connectivity index (χ4n) is 3.84. The van der Waals surface area contributed by atoms with E-state index in [2.05, 4.69) is 0 Å². The van der Waals surface area contributed by atoms with E-state index in [1.807, 2.05) is 30.3 Å². The maximum Gasteiger partial charge on any atom is 0.172 e. The molecule has 130 valence electrons. The lowest BCUT2D eigenvalue weighted by Gasteiger charge is -2.42. The van der Waals surface area contributed by atoms with Gasteiger partial charge in [-0.25, -0.2) is 0 Å². The molecule has 5 nitrogen and oxygen atoms in total. The number of benzene rings is 1. The number of hydrogen-bond donors (Lipinski definition) is 0. The van der Waals surface area contributed by atoms with E-state index in [1.165, 1.54) is 0 Å². The Hall–Kier alpha value is -1.27. The van der Waals surface area contributed by atoms with Gasteiger partial charge in [-0.2, -0.15) is 0 Å². The molecule has 0 bridgehead atoms. The average molecular weight is 332 g/mol. The van der Waals surface area contributed by atoms with Gasteiger partial charge in [-0.15, -0.1) is 0 Å². The summed E-state index contributed by atoms with van der Waals surface area (Å²) >= 11 is 0. The average Bonchev–Trinajstić information content (AvgIpc) is 3.38. The van der Waals surface area contributed by atoms with Crippen LogP contribution in [0.5, 0.6) is 0 Å². The van der Waals surface area contributed by atoms with Gasteiger partial charge < -0.3 is 18.9 Å². The lowest BCUT2D eigenvalue weighted by molar-refractivity contribution is -0.197. The van der Waals surface area contributed by atoms with Gasteiger partial charge in [0.25, 0.3) is 0 Å². The van der Waals surface area contributed by atoms with E-state index in [4.69, 9.17) is 18.9 Å². The fourth-order valence-corrected chi connectivity index (χ4v) is 3.84. The molecule has 4 rings (SSSR count). The molecule has 3 fully saturated rings.